The van der Waals surface area contributed by atoms with Crippen molar-refractivity contribution in [3.05, 3.63) is 16.6 Å². The van der Waals surface area contributed by atoms with Gasteiger partial charge in [0, 0.05) is 17.5 Å². The van der Waals surface area contributed by atoms with Crippen molar-refractivity contribution >= 4 is 17.3 Å². The Morgan fingerprint density at radius 1 is 1.71 bits per heavy atom. The third-order valence-corrected chi connectivity index (χ3v) is 3.44. The van der Waals surface area contributed by atoms with Gasteiger partial charge in [0.1, 0.15) is 6.04 Å². The van der Waals surface area contributed by atoms with Crippen LogP contribution in [-0.4, -0.2) is 28.6 Å². The summed E-state index contributed by atoms with van der Waals surface area (Å²) in [4.78, 5) is 15.0. The molecule has 2 heterocycles. The lowest BCUT2D eigenvalue weighted by atomic mass is 9.93. The molecule has 2 atom stereocenters. The fraction of sp³-hybridized carbons (Fsp3) is 0.556. The van der Waals surface area contributed by atoms with Gasteiger partial charge in [-0.1, -0.05) is 0 Å². The van der Waals surface area contributed by atoms with Crippen molar-refractivity contribution in [1.82, 2.24) is 10.3 Å². The SMILES string of the molecule is O=C(O)C1CC(c2nccs2)CCN1. The molecule has 2 unspecified atom stereocenters. The van der Waals surface area contributed by atoms with Crippen molar-refractivity contribution in [2.45, 2.75) is 24.8 Å². The third kappa shape index (κ3) is 1.93. The van der Waals surface area contributed by atoms with Gasteiger partial charge in [0.15, 0.2) is 0 Å². The number of carbonyl (C=O) groups is 1. The fourth-order valence-corrected chi connectivity index (χ4v) is 2.56. The highest BCUT2D eigenvalue weighted by atomic mass is 32.1. The van der Waals surface area contributed by atoms with Crippen molar-refractivity contribution < 1.29 is 9.90 Å². The van der Waals surface area contributed by atoms with Gasteiger partial charge in [-0.2, -0.15) is 0 Å². The summed E-state index contributed by atoms with van der Waals surface area (Å²) in [7, 11) is 0. The van der Waals surface area contributed by atoms with Crippen LogP contribution in [0.1, 0.15) is 23.8 Å². The lowest BCUT2D eigenvalue weighted by Gasteiger charge is -2.26. The minimum Gasteiger partial charge on any atom is -0.480 e. The zero-order chi connectivity index (χ0) is 9.97. The van der Waals surface area contributed by atoms with E-state index in [4.69, 9.17) is 5.11 Å². The maximum Gasteiger partial charge on any atom is 0.320 e. The second-order valence-electron chi connectivity index (χ2n) is 3.44. The molecule has 1 aliphatic rings. The van der Waals surface area contributed by atoms with E-state index in [9.17, 15) is 4.79 Å². The Balaban J connectivity index is 2.04. The standard InChI is InChI=1S/C9H12N2O2S/c12-9(13)7-5-6(1-2-10-7)8-11-3-4-14-8/h3-4,6-7,10H,1-2,5H2,(H,12,13). The molecule has 1 fully saturated rings. The van der Waals surface area contributed by atoms with Crippen molar-refractivity contribution in [2.24, 2.45) is 0 Å². The normalized spacial score (nSPS) is 27.4. The molecule has 5 heteroatoms. The number of thiazole rings is 1. The van der Waals surface area contributed by atoms with Crippen molar-refractivity contribution in [2.75, 3.05) is 6.54 Å². The van der Waals surface area contributed by atoms with Gasteiger partial charge in [-0.05, 0) is 19.4 Å². The first-order valence-electron chi connectivity index (χ1n) is 4.63. The van der Waals surface area contributed by atoms with Crippen LogP contribution in [0.2, 0.25) is 0 Å². The van der Waals surface area contributed by atoms with Gasteiger partial charge in [0.05, 0.1) is 5.01 Å². The van der Waals surface area contributed by atoms with Crippen molar-refractivity contribution in [3.8, 4) is 0 Å². The average molecular weight is 212 g/mol. The molecule has 0 amide bonds. The van der Waals surface area contributed by atoms with E-state index in [0.717, 1.165) is 18.0 Å². The van der Waals surface area contributed by atoms with Crippen LogP contribution in [0, 0.1) is 0 Å². The Morgan fingerprint density at radius 2 is 2.57 bits per heavy atom. The fourth-order valence-electron chi connectivity index (χ4n) is 1.77. The van der Waals surface area contributed by atoms with E-state index < -0.39 is 12.0 Å². The summed E-state index contributed by atoms with van der Waals surface area (Å²) in [6.45, 7) is 0.765. The molecular formula is C9H12N2O2S. The monoisotopic (exact) mass is 212 g/mol. The Morgan fingerprint density at radius 3 is 3.21 bits per heavy atom. The first kappa shape index (κ1) is 9.61. The van der Waals surface area contributed by atoms with E-state index in [1.165, 1.54) is 0 Å². The molecule has 0 saturated carbocycles. The summed E-state index contributed by atoms with van der Waals surface area (Å²) in [5, 5.41) is 14.9. The minimum atomic E-state index is -0.758. The summed E-state index contributed by atoms with van der Waals surface area (Å²) >= 11 is 1.61. The largest absolute Gasteiger partial charge is 0.480 e. The maximum atomic E-state index is 10.8. The predicted molar refractivity (Wildman–Crippen MR) is 53.5 cm³/mol. The van der Waals surface area contributed by atoms with Crippen LogP contribution >= 0.6 is 11.3 Å². The molecule has 0 radical (unpaired) electrons. The van der Waals surface area contributed by atoms with Gasteiger partial charge in [-0.15, -0.1) is 11.3 Å². The molecule has 4 nitrogen and oxygen atoms in total. The molecular weight excluding hydrogens is 200 g/mol. The van der Waals surface area contributed by atoms with E-state index in [0.29, 0.717) is 12.3 Å². The van der Waals surface area contributed by atoms with Crippen molar-refractivity contribution in [1.29, 1.82) is 0 Å². The van der Waals surface area contributed by atoms with Crippen LogP contribution in [0.4, 0.5) is 0 Å². The number of hydrogen-bond acceptors (Lipinski definition) is 4. The number of nitrogens with zero attached hydrogens (tertiary/aromatic N) is 1. The van der Waals surface area contributed by atoms with Gasteiger partial charge in [0.2, 0.25) is 0 Å². The van der Waals surface area contributed by atoms with E-state index >= 15 is 0 Å². The number of carboxylic acid groups (broad SMARTS) is 1. The topological polar surface area (TPSA) is 62.2 Å². The van der Waals surface area contributed by atoms with Gasteiger partial charge in [-0.25, -0.2) is 4.98 Å². The van der Waals surface area contributed by atoms with E-state index in [1.807, 2.05) is 5.38 Å². The highest BCUT2D eigenvalue weighted by molar-refractivity contribution is 7.09. The highest BCUT2D eigenvalue weighted by Gasteiger charge is 2.28. The summed E-state index contributed by atoms with van der Waals surface area (Å²) in [6, 6.07) is -0.405. The summed E-state index contributed by atoms with van der Waals surface area (Å²) in [5.41, 5.74) is 0. The van der Waals surface area contributed by atoms with Gasteiger partial charge in [0.25, 0.3) is 0 Å². The molecule has 2 rings (SSSR count). The number of aliphatic carboxylic acids is 1. The van der Waals surface area contributed by atoms with E-state index in [-0.39, 0.29) is 0 Å². The Kier molecular flexibility index (Phi) is 2.79. The number of rotatable bonds is 2. The van der Waals surface area contributed by atoms with Crippen LogP contribution < -0.4 is 5.32 Å². The van der Waals surface area contributed by atoms with E-state index in [1.54, 1.807) is 17.5 Å². The molecule has 1 saturated heterocycles. The predicted octanol–water partition coefficient (Wildman–Crippen LogP) is 1.06. The molecule has 0 spiro atoms. The minimum absolute atomic E-state index is 0.317. The lowest BCUT2D eigenvalue weighted by Crippen LogP contribution is -2.42. The smallest absolute Gasteiger partial charge is 0.320 e. The molecule has 14 heavy (non-hydrogen) atoms. The lowest BCUT2D eigenvalue weighted by molar-refractivity contribution is -0.140. The Labute approximate surface area is 86.0 Å². The van der Waals surface area contributed by atoms with Crippen LogP contribution in [-0.2, 0) is 4.79 Å². The van der Waals surface area contributed by atoms with Crippen LogP contribution in [0.3, 0.4) is 0 Å². The molecule has 0 aromatic carbocycles. The zero-order valence-electron chi connectivity index (χ0n) is 7.64. The van der Waals surface area contributed by atoms with Gasteiger partial charge < -0.3 is 10.4 Å². The number of hydrogen-bond donors (Lipinski definition) is 2. The first-order chi connectivity index (χ1) is 6.77. The number of aromatic nitrogens is 1. The number of piperidine rings is 1. The summed E-state index contributed by atoms with van der Waals surface area (Å²) in [6.07, 6.45) is 3.41. The van der Waals surface area contributed by atoms with Crippen LogP contribution in [0.25, 0.3) is 0 Å². The average Bonchev–Trinajstić information content (AvgIpc) is 2.71. The molecule has 2 N–H and O–H groups in total. The quantitative estimate of drug-likeness (QED) is 0.769. The zero-order valence-corrected chi connectivity index (χ0v) is 8.46. The molecule has 1 aromatic heterocycles. The highest BCUT2D eigenvalue weighted by Crippen LogP contribution is 2.28. The van der Waals surface area contributed by atoms with Crippen LogP contribution in [0.5, 0.6) is 0 Å². The van der Waals surface area contributed by atoms with Gasteiger partial charge >= 0.3 is 5.97 Å². The number of carboxylic acids is 1. The second kappa shape index (κ2) is 4.06. The Hall–Kier alpha value is -0.940. The third-order valence-electron chi connectivity index (χ3n) is 2.50. The summed E-state index contributed by atoms with van der Waals surface area (Å²) in [5.74, 6) is -0.441. The molecule has 1 aliphatic heterocycles. The Bertz CT molecular complexity index is 313. The van der Waals surface area contributed by atoms with Crippen molar-refractivity contribution in [3.63, 3.8) is 0 Å². The van der Waals surface area contributed by atoms with E-state index in [2.05, 4.69) is 10.3 Å². The summed E-state index contributed by atoms with van der Waals surface area (Å²) < 4.78 is 0. The molecule has 1 aromatic rings. The maximum absolute atomic E-state index is 10.8. The van der Waals surface area contributed by atoms with Crippen LogP contribution in [0.15, 0.2) is 11.6 Å². The molecule has 76 valence electrons. The second-order valence-corrected chi connectivity index (χ2v) is 4.36. The molecule has 0 bridgehead atoms. The number of nitrogens with one attached hydrogen (secondary N) is 1. The molecule has 0 aliphatic carbocycles. The first-order valence-corrected chi connectivity index (χ1v) is 5.51. The van der Waals surface area contributed by atoms with Gasteiger partial charge in [-0.3, -0.25) is 4.79 Å².